The van der Waals surface area contributed by atoms with Crippen LogP contribution in [-0.2, 0) is 6.54 Å². The number of aromatic nitrogens is 3. The molecule has 0 fully saturated rings. The average molecular weight is 372 g/mol. The molecule has 0 unspecified atom stereocenters. The van der Waals surface area contributed by atoms with Crippen molar-refractivity contribution in [2.24, 2.45) is 11.6 Å². The van der Waals surface area contributed by atoms with E-state index in [4.69, 9.17) is 16.0 Å². The summed E-state index contributed by atoms with van der Waals surface area (Å²) in [5.41, 5.74) is 9.70. The molecule has 0 aliphatic rings. The van der Waals surface area contributed by atoms with Gasteiger partial charge in [0, 0.05) is 18.0 Å². The number of benzene rings is 1. The number of pyridine rings is 1. The molecule has 0 saturated carbocycles. The zero-order valence-corrected chi connectivity index (χ0v) is 14.5. The van der Waals surface area contributed by atoms with Crippen LogP contribution < -0.4 is 11.6 Å². The van der Waals surface area contributed by atoms with Crippen molar-refractivity contribution >= 4 is 5.70 Å². The van der Waals surface area contributed by atoms with Crippen molar-refractivity contribution in [1.82, 2.24) is 20.2 Å². The van der Waals surface area contributed by atoms with Gasteiger partial charge in [0.25, 0.3) is 5.89 Å². The van der Waals surface area contributed by atoms with E-state index in [9.17, 15) is 8.78 Å². The zero-order chi connectivity index (χ0) is 19.4. The van der Waals surface area contributed by atoms with Crippen molar-refractivity contribution in [3.05, 3.63) is 71.5 Å². The summed E-state index contributed by atoms with van der Waals surface area (Å²) in [6, 6.07) is 11.1. The summed E-state index contributed by atoms with van der Waals surface area (Å²) in [5, 5.41) is 8.29. The molecule has 27 heavy (non-hydrogen) atoms. The molecular formula is C18H18F2N6O. The molecule has 7 nitrogen and oxygen atoms in total. The first-order valence-corrected chi connectivity index (χ1v) is 8.05. The van der Waals surface area contributed by atoms with Crippen molar-refractivity contribution in [3.63, 3.8) is 0 Å². The Bertz CT molecular complexity index is 939. The summed E-state index contributed by atoms with van der Waals surface area (Å²) in [6.45, 7) is 2.27. The van der Waals surface area contributed by atoms with Crippen LogP contribution in [0.4, 0.5) is 8.78 Å². The first kappa shape index (κ1) is 18.5. The van der Waals surface area contributed by atoms with Crippen LogP contribution >= 0.6 is 0 Å². The molecule has 0 bridgehead atoms. The third-order valence-corrected chi connectivity index (χ3v) is 3.80. The topological polar surface area (TPSA) is 107 Å². The number of alkyl halides is 2. The maximum Gasteiger partial charge on any atom is 0.314 e. The smallest absolute Gasteiger partial charge is 0.314 e. The maximum absolute atomic E-state index is 12.5. The molecule has 2 aromatic heterocycles. The molecule has 0 saturated heterocycles. The summed E-state index contributed by atoms with van der Waals surface area (Å²) in [6.07, 6.45) is 0.278. The lowest BCUT2D eigenvalue weighted by Crippen LogP contribution is -2.26. The lowest BCUT2D eigenvalue weighted by atomic mass is 10.1. The Kier molecular flexibility index (Phi) is 5.41. The number of rotatable bonds is 6. The summed E-state index contributed by atoms with van der Waals surface area (Å²) in [4.78, 5) is 4.24. The van der Waals surface area contributed by atoms with Crippen molar-refractivity contribution < 1.29 is 13.2 Å². The summed E-state index contributed by atoms with van der Waals surface area (Å²) in [5.74, 6) is 5.25. The SMILES string of the molecule is Cc1ccccc1/C(N)=C/N(N)Cc1ccc(-c2nnc(C(F)F)o2)cn1. The molecule has 4 N–H and O–H groups in total. The van der Waals surface area contributed by atoms with Gasteiger partial charge >= 0.3 is 6.43 Å². The number of hydrogen-bond acceptors (Lipinski definition) is 7. The van der Waals surface area contributed by atoms with Gasteiger partial charge in [-0.2, -0.15) is 8.78 Å². The molecule has 0 spiro atoms. The molecule has 0 radical (unpaired) electrons. The molecule has 0 aliphatic heterocycles. The third-order valence-electron chi connectivity index (χ3n) is 3.80. The van der Waals surface area contributed by atoms with E-state index in [0.29, 0.717) is 23.5 Å². The number of hydrogen-bond donors (Lipinski definition) is 2. The van der Waals surface area contributed by atoms with Gasteiger partial charge in [0.2, 0.25) is 5.89 Å². The molecule has 0 atom stereocenters. The van der Waals surface area contributed by atoms with E-state index in [2.05, 4.69) is 15.2 Å². The fourth-order valence-electron chi connectivity index (χ4n) is 2.46. The average Bonchev–Trinajstić information content (AvgIpc) is 3.13. The molecule has 9 heteroatoms. The van der Waals surface area contributed by atoms with Crippen LogP contribution in [0, 0.1) is 6.92 Å². The molecule has 3 rings (SSSR count). The minimum Gasteiger partial charge on any atom is -0.415 e. The summed E-state index contributed by atoms with van der Waals surface area (Å²) in [7, 11) is 0. The standard InChI is InChI=1S/C18H18F2N6O/c1-11-4-2-3-5-14(11)15(21)10-26(22)9-13-7-6-12(8-23-13)17-24-25-18(27-17)16(19)20/h2-8,10,16H,9,21-22H2,1H3/b15-10-. The van der Waals surface area contributed by atoms with Crippen molar-refractivity contribution in [1.29, 1.82) is 0 Å². The first-order valence-electron chi connectivity index (χ1n) is 8.05. The van der Waals surface area contributed by atoms with Crippen LogP contribution in [0.5, 0.6) is 0 Å². The van der Waals surface area contributed by atoms with E-state index in [1.54, 1.807) is 18.3 Å². The van der Waals surface area contributed by atoms with Gasteiger partial charge in [-0.25, -0.2) is 5.84 Å². The molecule has 140 valence electrons. The zero-order valence-electron chi connectivity index (χ0n) is 14.5. The first-order chi connectivity index (χ1) is 12.9. The molecule has 2 heterocycles. The van der Waals surface area contributed by atoms with E-state index in [-0.39, 0.29) is 5.89 Å². The van der Waals surface area contributed by atoms with Crippen molar-refractivity contribution in [2.75, 3.05) is 0 Å². The van der Waals surface area contributed by atoms with Gasteiger partial charge in [-0.05, 0) is 24.6 Å². The van der Waals surface area contributed by atoms with Crippen LogP contribution in [0.2, 0.25) is 0 Å². The maximum atomic E-state index is 12.5. The molecule has 0 amide bonds. The minimum absolute atomic E-state index is 0.0161. The highest BCUT2D eigenvalue weighted by atomic mass is 19.3. The Hall–Kier alpha value is -3.33. The fourth-order valence-corrected chi connectivity index (χ4v) is 2.46. The predicted molar refractivity (Wildman–Crippen MR) is 95.6 cm³/mol. The van der Waals surface area contributed by atoms with E-state index in [1.165, 1.54) is 11.2 Å². The Morgan fingerprint density at radius 2 is 2.00 bits per heavy atom. The lowest BCUT2D eigenvalue weighted by molar-refractivity contribution is 0.116. The monoisotopic (exact) mass is 372 g/mol. The van der Waals surface area contributed by atoms with E-state index >= 15 is 0 Å². The Labute approximate surface area is 154 Å². The number of nitrogens with zero attached hydrogens (tertiary/aromatic N) is 4. The van der Waals surface area contributed by atoms with Crippen LogP contribution in [0.25, 0.3) is 17.2 Å². The van der Waals surface area contributed by atoms with Crippen LogP contribution in [0.3, 0.4) is 0 Å². The van der Waals surface area contributed by atoms with E-state index in [1.807, 2.05) is 31.2 Å². The number of nitrogens with two attached hydrogens (primary N) is 2. The highest BCUT2D eigenvalue weighted by molar-refractivity contribution is 5.64. The second-order valence-corrected chi connectivity index (χ2v) is 5.86. The fraction of sp³-hybridized carbons (Fsp3) is 0.167. The summed E-state index contributed by atoms with van der Waals surface area (Å²) >= 11 is 0. The number of halogens is 2. The number of aryl methyl sites for hydroxylation is 1. The minimum atomic E-state index is -2.81. The quantitative estimate of drug-likeness (QED) is 0.506. The number of hydrazine groups is 1. The Morgan fingerprint density at radius 1 is 1.22 bits per heavy atom. The molecular weight excluding hydrogens is 354 g/mol. The second kappa shape index (κ2) is 7.92. The van der Waals surface area contributed by atoms with Gasteiger partial charge in [0.05, 0.1) is 23.5 Å². The molecule has 1 aromatic carbocycles. The molecule has 3 aromatic rings. The van der Waals surface area contributed by atoms with Gasteiger partial charge in [0.1, 0.15) is 0 Å². The van der Waals surface area contributed by atoms with Crippen molar-refractivity contribution in [2.45, 2.75) is 19.9 Å². The largest absolute Gasteiger partial charge is 0.415 e. The van der Waals surface area contributed by atoms with E-state index in [0.717, 1.165) is 11.1 Å². The summed E-state index contributed by atoms with van der Waals surface area (Å²) < 4.78 is 29.9. The van der Waals surface area contributed by atoms with E-state index < -0.39 is 12.3 Å². The Morgan fingerprint density at radius 3 is 2.63 bits per heavy atom. The van der Waals surface area contributed by atoms with Gasteiger partial charge in [-0.15, -0.1) is 10.2 Å². The normalized spacial score (nSPS) is 11.8. The van der Waals surface area contributed by atoms with Crippen molar-refractivity contribution in [3.8, 4) is 11.5 Å². The molecule has 0 aliphatic carbocycles. The predicted octanol–water partition coefficient (Wildman–Crippen LogP) is 3.01. The van der Waals surface area contributed by atoms with Gasteiger partial charge in [0.15, 0.2) is 0 Å². The highest BCUT2D eigenvalue weighted by Crippen LogP contribution is 2.23. The lowest BCUT2D eigenvalue weighted by Gasteiger charge is -2.15. The van der Waals surface area contributed by atoms with Crippen LogP contribution in [0.15, 0.2) is 53.2 Å². The van der Waals surface area contributed by atoms with Gasteiger partial charge in [-0.1, -0.05) is 24.3 Å². The van der Waals surface area contributed by atoms with Crippen LogP contribution in [0.1, 0.15) is 29.1 Å². The third kappa shape index (κ3) is 4.45. The highest BCUT2D eigenvalue weighted by Gasteiger charge is 2.17. The van der Waals surface area contributed by atoms with Gasteiger partial charge < -0.3 is 15.2 Å². The van der Waals surface area contributed by atoms with Gasteiger partial charge in [-0.3, -0.25) is 4.98 Å². The van der Waals surface area contributed by atoms with Crippen LogP contribution in [-0.4, -0.2) is 20.2 Å². The Balaban J connectivity index is 1.68. The second-order valence-electron chi connectivity index (χ2n) is 5.86.